The first kappa shape index (κ1) is 20.2. The quantitative estimate of drug-likeness (QED) is 0.714. The number of rotatable bonds is 8. The summed E-state index contributed by atoms with van der Waals surface area (Å²) < 4.78 is 21.8. The number of aromatic nitrogens is 1. The summed E-state index contributed by atoms with van der Waals surface area (Å²) in [5, 5.41) is 12.5. The van der Waals surface area contributed by atoms with Crippen LogP contribution in [-0.2, 0) is 20.8 Å². The molecule has 1 saturated heterocycles. The van der Waals surface area contributed by atoms with Crippen LogP contribution >= 0.6 is 0 Å². The van der Waals surface area contributed by atoms with Gasteiger partial charge in [0, 0.05) is 12.2 Å². The number of ether oxygens (including phenoxy) is 3. The molecular weight excluding hydrogens is 364 g/mol. The van der Waals surface area contributed by atoms with Gasteiger partial charge in [-0.3, -0.25) is 4.79 Å². The third-order valence-corrected chi connectivity index (χ3v) is 4.58. The molecule has 8 nitrogen and oxygen atoms in total. The van der Waals surface area contributed by atoms with Crippen LogP contribution < -0.4 is 10.1 Å². The maximum atomic E-state index is 12.0. The van der Waals surface area contributed by atoms with Crippen molar-refractivity contribution < 1.29 is 28.5 Å². The molecule has 3 rings (SSSR count). The second-order valence-corrected chi connectivity index (χ2v) is 6.69. The molecule has 0 bridgehead atoms. The Labute approximate surface area is 163 Å². The van der Waals surface area contributed by atoms with Gasteiger partial charge < -0.3 is 29.1 Å². The molecule has 1 aliphatic rings. The van der Waals surface area contributed by atoms with Crippen LogP contribution in [0.1, 0.15) is 30.7 Å². The molecule has 0 spiro atoms. The number of phenols is 1. The molecule has 2 heterocycles. The van der Waals surface area contributed by atoms with Crippen molar-refractivity contribution in [2.75, 3.05) is 26.9 Å². The predicted octanol–water partition coefficient (Wildman–Crippen LogP) is 2.57. The van der Waals surface area contributed by atoms with E-state index in [1.807, 2.05) is 0 Å². The van der Waals surface area contributed by atoms with Gasteiger partial charge >= 0.3 is 0 Å². The summed E-state index contributed by atoms with van der Waals surface area (Å²) >= 11 is 0. The molecule has 152 valence electrons. The monoisotopic (exact) mass is 390 g/mol. The number of methoxy groups -OCH3 is 1. The van der Waals surface area contributed by atoms with Crippen LogP contribution in [0, 0.1) is 6.92 Å². The number of aryl methyl sites for hydroxylation is 1. The van der Waals surface area contributed by atoms with Gasteiger partial charge in [-0.1, -0.05) is 0 Å². The SMILES string of the molecule is COc1cc(-c2nc(CNC(=O)COCC3CCCCO3)c(C)o2)ccc1O. The molecule has 1 aromatic carbocycles. The summed E-state index contributed by atoms with van der Waals surface area (Å²) in [4.78, 5) is 16.4. The highest BCUT2D eigenvalue weighted by molar-refractivity contribution is 5.77. The number of nitrogens with zero attached hydrogens (tertiary/aromatic N) is 1. The fraction of sp³-hybridized carbons (Fsp3) is 0.500. The molecule has 8 heteroatoms. The van der Waals surface area contributed by atoms with E-state index in [1.54, 1.807) is 19.1 Å². The maximum Gasteiger partial charge on any atom is 0.246 e. The number of benzene rings is 1. The van der Waals surface area contributed by atoms with E-state index in [1.165, 1.54) is 13.2 Å². The van der Waals surface area contributed by atoms with E-state index in [0.29, 0.717) is 35.3 Å². The molecule has 28 heavy (non-hydrogen) atoms. The summed E-state index contributed by atoms with van der Waals surface area (Å²) in [6.45, 7) is 3.21. The number of nitrogens with one attached hydrogen (secondary N) is 1. The lowest BCUT2D eigenvalue weighted by Gasteiger charge is -2.22. The Morgan fingerprint density at radius 1 is 1.39 bits per heavy atom. The first-order chi connectivity index (χ1) is 13.6. The van der Waals surface area contributed by atoms with Gasteiger partial charge in [0.15, 0.2) is 11.5 Å². The number of carbonyl (C=O) groups is 1. The molecule has 1 aromatic heterocycles. The molecule has 1 aliphatic heterocycles. The van der Waals surface area contributed by atoms with Crippen LogP contribution in [0.25, 0.3) is 11.5 Å². The second kappa shape index (κ2) is 9.57. The van der Waals surface area contributed by atoms with Crippen molar-refractivity contribution in [2.45, 2.75) is 38.8 Å². The van der Waals surface area contributed by atoms with E-state index >= 15 is 0 Å². The summed E-state index contributed by atoms with van der Waals surface area (Å²) in [5.74, 6) is 1.17. The smallest absolute Gasteiger partial charge is 0.246 e. The van der Waals surface area contributed by atoms with Crippen molar-refractivity contribution >= 4 is 5.91 Å². The molecule has 0 aliphatic carbocycles. The van der Waals surface area contributed by atoms with Gasteiger partial charge in [-0.2, -0.15) is 0 Å². The number of aromatic hydroxyl groups is 1. The van der Waals surface area contributed by atoms with E-state index in [4.69, 9.17) is 18.6 Å². The topological polar surface area (TPSA) is 103 Å². The van der Waals surface area contributed by atoms with Crippen LogP contribution in [0.4, 0.5) is 0 Å². The summed E-state index contributed by atoms with van der Waals surface area (Å²) in [6.07, 6.45) is 3.29. The van der Waals surface area contributed by atoms with Crippen LogP contribution in [0.15, 0.2) is 22.6 Å². The third kappa shape index (κ3) is 5.24. The van der Waals surface area contributed by atoms with Gasteiger partial charge in [0.2, 0.25) is 11.8 Å². The van der Waals surface area contributed by atoms with Crippen LogP contribution in [0.5, 0.6) is 11.5 Å². The number of oxazole rings is 1. The largest absolute Gasteiger partial charge is 0.504 e. The van der Waals surface area contributed by atoms with Gasteiger partial charge in [0.1, 0.15) is 18.1 Å². The van der Waals surface area contributed by atoms with E-state index in [2.05, 4.69) is 10.3 Å². The van der Waals surface area contributed by atoms with Crippen LogP contribution in [0.2, 0.25) is 0 Å². The van der Waals surface area contributed by atoms with E-state index in [9.17, 15) is 9.90 Å². The Morgan fingerprint density at radius 2 is 2.25 bits per heavy atom. The van der Waals surface area contributed by atoms with Crippen molar-refractivity contribution in [3.8, 4) is 23.0 Å². The Kier molecular flexibility index (Phi) is 6.89. The predicted molar refractivity (Wildman–Crippen MR) is 101 cm³/mol. The zero-order chi connectivity index (χ0) is 19.9. The molecule has 0 radical (unpaired) electrons. The molecule has 1 fully saturated rings. The first-order valence-electron chi connectivity index (χ1n) is 9.36. The molecule has 2 N–H and O–H groups in total. The number of amides is 1. The normalized spacial score (nSPS) is 16.7. The van der Waals surface area contributed by atoms with E-state index in [0.717, 1.165) is 25.9 Å². The van der Waals surface area contributed by atoms with E-state index < -0.39 is 0 Å². The van der Waals surface area contributed by atoms with Crippen LogP contribution in [0.3, 0.4) is 0 Å². The Morgan fingerprint density at radius 3 is 3.00 bits per heavy atom. The van der Waals surface area contributed by atoms with E-state index in [-0.39, 0.29) is 30.9 Å². The zero-order valence-electron chi connectivity index (χ0n) is 16.2. The lowest BCUT2D eigenvalue weighted by molar-refractivity contribution is -0.128. The summed E-state index contributed by atoms with van der Waals surface area (Å²) in [7, 11) is 1.48. The highest BCUT2D eigenvalue weighted by atomic mass is 16.5. The van der Waals surface area contributed by atoms with Gasteiger partial charge in [0.25, 0.3) is 0 Å². The van der Waals surface area contributed by atoms with Crippen LogP contribution in [-0.4, -0.2) is 49.0 Å². The number of phenolic OH excluding ortho intramolecular Hbond substituents is 1. The molecule has 1 unspecified atom stereocenters. The fourth-order valence-corrected chi connectivity index (χ4v) is 2.98. The Bertz CT molecular complexity index is 798. The summed E-state index contributed by atoms with van der Waals surface area (Å²) in [6, 6.07) is 4.85. The number of hydrogen-bond donors (Lipinski definition) is 2. The Hall–Kier alpha value is -2.58. The highest BCUT2D eigenvalue weighted by Crippen LogP contribution is 2.31. The lowest BCUT2D eigenvalue weighted by atomic mass is 10.1. The third-order valence-electron chi connectivity index (χ3n) is 4.58. The average molecular weight is 390 g/mol. The number of carbonyl (C=O) groups excluding carboxylic acids is 1. The fourth-order valence-electron chi connectivity index (χ4n) is 2.98. The van der Waals surface area contributed by atoms with Crippen molar-refractivity contribution in [1.82, 2.24) is 10.3 Å². The highest BCUT2D eigenvalue weighted by Gasteiger charge is 2.16. The molecule has 2 aromatic rings. The van der Waals surface area contributed by atoms with Gasteiger partial charge in [-0.05, 0) is 44.4 Å². The molecule has 1 atom stereocenters. The lowest BCUT2D eigenvalue weighted by Crippen LogP contribution is -2.30. The maximum absolute atomic E-state index is 12.0. The van der Waals surface area contributed by atoms with Gasteiger partial charge in [0.05, 0.1) is 26.4 Å². The zero-order valence-corrected chi connectivity index (χ0v) is 16.2. The Balaban J connectivity index is 1.50. The summed E-state index contributed by atoms with van der Waals surface area (Å²) in [5.41, 5.74) is 1.30. The van der Waals surface area contributed by atoms with Gasteiger partial charge in [-0.15, -0.1) is 0 Å². The molecular formula is C20H26N2O6. The molecule has 1 amide bonds. The minimum absolute atomic E-state index is 0.0151. The van der Waals surface area contributed by atoms with Crippen molar-refractivity contribution in [2.24, 2.45) is 0 Å². The number of hydrogen-bond acceptors (Lipinski definition) is 7. The van der Waals surface area contributed by atoms with Crippen molar-refractivity contribution in [3.05, 3.63) is 29.7 Å². The van der Waals surface area contributed by atoms with Gasteiger partial charge in [-0.25, -0.2) is 4.98 Å². The minimum Gasteiger partial charge on any atom is -0.504 e. The average Bonchev–Trinajstić information content (AvgIpc) is 3.08. The standard InChI is InChI=1S/C20H26N2O6/c1-13-16(10-21-19(24)12-26-11-15-5-3-4-8-27-15)22-20(28-13)14-6-7-17(23)18(9-14)25-2/h6-7,9,15,23H,3-5,8,10-12H2,1-2H3,(H,21,24). The minimum atomic E-state index is -0.217. The first-order valence-corrected chi connectivity index (χ1v) is 9.36. The van der Waals surface area contributed by atoms with Crippen molar-refractivity contribution in [3.63, 3.8) is 0 Å². The van der Waals surface area contributed by atoms with Crippen molar-refractivity contribution in [1.29, 1.82) is 0 Å². The molecule has 0 saturated carbocycles. The second-order valence-electron chi connectivity index (χ2n) is 6.69.